The summed E-state index contributed by atoms with van der Waals surface area (Å²) in [6.07, 6.45) is 3.64. The topological polar surface area (TPSA) is 54.7 Å². The number of aromatic nitrogens is 1. The molecule has 22 heavy (non-hydrogen) atoms. The summed E-state index contributed by atoms with van der Waals surface area (Å²) in [7, 11) is -3.35. The summed E-state index contributed by atoms with van der Waals surface area (Å²) in [5.41, 5.74) is 1.19. The van der Waals surface area contributed by atoms with Gasteiger partial charge in [0.25, 0.3) is 0 Å². The van der Waals surface area contributed by atoms with Crippen molar-refractivity contribution < 1.29 is 13.3 Å². The lowest BCUT2D eigenvalue weighted by Gasteiger charge is -2.31. The Morgan fingerprint density at radius 3 is 2.41 bits per heavy atom. The van der Waals surface area contributed by atoms with Crippen molar-refractivity contribution in [1.82, 2.24) is 9.29 Å². The Hall–Kier alpha value is -1.76. The maximum atomic E-state index is 12.6. The first-order chi connectivity index (χ1) is 10.7. The smallest absolute Gasteiger partial charge is 0.243 e. The highest BCUT2D eigenvalue weighted by Gasteiger charge is 2.30. The fourth-order valence-corrected chi connectivity index (χ4v) is 4.21. The molecule has 0 aliphatic carbocycles. The van der Waals surface area contributed by atoms with Crippen LogP contribution in [0.3, 0.4) is 0 Å². The molecule has 0 unspecified atom stereocenters. The number of sulfonamides is 1. The molecule has 2 aromatic rings. The molecule has 0 amide bonds. The number of rotatable bonds is 4. The Bertz CT molecular complexity index is 697. The minimum absolute atomic E-state index is 0.380. The van der Waals surface area contributed by atoms with Crippen LogP contribution in [0.15, 0.2) is 59.8 Å². The van der Waals surface area contributed by atoms with E-state index in [2.05, 4.69) is 11.1 Å². The van der Waals surface area contributed by atoms with Gasteiger partial charge < -0.3 is 4.90 Å². The average molecular weight is 318 g/mol. The molecule has 1 aliphatic rings. The van der Waals surface area contributed by atoms with Gasteiger partial charge in [0.15, 0.2) is 0 Å². The summed E-state index contributed by atoms with van der Waals surface area (Å²) in [5, 5.41) is 0. The lowest BCUT2D eigenvalue weighted by atomic mass is 10.2. The van der Waals surface area contributed by atoms with Gasteiger partial charge in [-0.15, -0.1) is 0 Å². The molecule has 1 aromatic heterocycles. The second kappa shape index (κ2) is 6.56. The van der Waals surface area contributed by atoms with Gasteiger partial charge in [-0.2, -0.15) is 4.31 Å². The Kier molecular flexibility index (Phi) is 4.52. The van der Waals surface area contributed by atoms with Crippen LogP contribution in [0, 0.1) is 0 Å². The third-order valence-corrected chi connectivity index (χ3v) is 5.90. The monoisotopic (exact) mass is 318 g/mol. The number of nitrogens with zero attached hydrogens (tertiary/aromatic N) is 2. The Labute approximate surface area is 131 Å². The van der Waals surface area contributed by atoms with Crippen LogP contribution in [-0.4, -0.2) is 43.9 Å². The summed E-state index contributed by atoms with van der Waals surface area (Å²) in [6.45, 7) is 3.66. The highest BCUT2D eigenvalue weighted by atomic mass is 32.2. The summed E-state index contributed by atoms with van der Waals surface area (Å²) >= 11 is 0. The molecule has 2 heterocycles. The lowest BCUT2D eigenvalue weighted by molar-refractivity contribution is -0.917. The molecule has 0 bridgehead atoms. The van der Waals surface area contributed by atoms with E-state index in [9.17, 15) is 8.42 Å². The molecule has 0 atom stereocenters. The highest BCUT2D eigenvalue weighted by Crippen LogP contribution is 2.14. The van der Waals surface area contributed by atoms with Crippen LogP contribution in [0.1, 0.15) is 5.56 Å². The van der Waals surface area contributed by atoms with Crippen LogP contribution in [0.4, 0.5) is 0 Å². The molecule has 1 fully saturated rings. The van der Waals surface area contributed by atoms with Gasteiger partial charge in [-0.1, -0.05) is 24.3 Å². The summed E-state index contributed by atoms with van der Waals surface area (Å²) in [5.74, 6) is 0. The van der Waals surface area contributed by atoms with Crippen molar-refractivity contribution in [3.05, 3.63) is 60.4 Å². The summed E-state index contributed by atoms with van der Waals surface area (Å²) < 4.78 is 26.7. The van der Waals surface area contributed by atoms with Crippen molar-refractivity contribution in [2.75, 3.05) is 26.2 Å². The fraction of sp³-hybridized carbons (Fsp3) is 0.312. The molecule has 1 aliphatic heterocycles. The molecular weight excluding hydrogens is 298 g/mol. The van der Waals surface area contributed by atoms with Crippen LogP contribution < -0.4 is 4.90 Å². The van der Waals surface area contributed by atoms with Crippen molar-refractivity contribution in [1.29, 1.82) is 0 Å². The van der Waals surface area contributed by atoms with E-state index in [0.29, 0.717) is 18.0 Å². The van der Waals surface area contributed by atoms with Crippen molar-refractivity contribution in [3.63, 3.8) is 0 Å². The molecule has 3 rings (SSSR count). The van der Waals surface area contributed by atoms with E-state index in [0.717, 1.165) is 19.6 Å². The average Bonchev–Trinajstić information content (AvgIpc) is 2.57. The molecule has 5 nitrogen and oxygen atoms in total. The van der Waals surface area contributed by atoms with E-state index in [-0.39, 0.29) is 0 Å². The summed E-state index contributed by atoms with van der Waals surface area (Å²) in [4.78, 5) is 5.90. The van der Waals surface area contributed by atoms with Crippen LogP contribution in [0.25, 0.3) is 0 Å². The van der Waals surface area contributed by atoms with Crippen LogP contribution in [0.2, 0.25) is 0 Å². The molecule has 1 saturated heterocycles. The van der Waals surface area contributed by atoms with E-state index in [1.165, 1.54) is 10.5 Å². The first-order valence-corrected chi connectivity index (χ1v) is 8.88. The van der Waals surface area contributed by atoms with Crippen molar-refractivity contribution >= 4 is 10.0 Å². The molecule has 116 valence electrons. The lowest BCUT2D eigenvalue weighted by Crippen LogP contribution is -3.13. The van der Waals surface area contributed by atoms with Crippen molar-refractivity contribution in [3.8, 4) is 0 Å². The fourth-order valence-electron chi connectivity index (χ4n) is 2.75. The molecule has 0 saturated carbocycles. The van der Waals surface area contributed by atoms with Gasteiger partial charge in [0, 0.05) is 18.0 Å². The maximum Gasteiger partial charge on any atom is 0.243 e. The van der Waals surface area contributed by atoms with Crippen LogP contribution in [-0.2, 0) is 16.6 Å². The Morgan fingerprint density at radius 1 is 1.05 bits per heavy atom. The van der Waals surface area contributed by atoms with E-state index >= 15 is 0 Å². The van der Waals surface area contributed by atoms with Gasteiger partial charge in [0.05, 0.1) is 31.1 Å². The number of hydrogen-bond acceptors (Lipinski definition) is 3. The first-order valence-electron chi connectivity index (χ1n) is 7.44. The number of piperazine rings is 1. The maximum absolute atomic E-state index is 12.6. The first kappa shape index (κ1) is 15.1. The molecule has 6 heteroatoms. The second-order valence-electron chi connectivity index (χ2n) is 5.51. The quantitative estimate of drug-likeness (QED) is 0.874. The Morgan fingerprint density at radius 2 is 1.77 bits per heavy atom. The molecular formula is C16H20N3O2S+. The normalized spacial score (nSPS) is 17.5. The van der Waals surface area contributed by atoms with Gasteiger partial charge in [-0.05, 0) is 18.2 Å². The zero-order valence-electron chi connectivity index (χ0n) is 12.4. The molecule has 0 spiro atoms. The zero-order valence-corrected chi connectivity index (χ0v) is 13.2. The highest BCUT2D eigenvalue weighted by molar-refractivity contribution is 7.89. The number of benzene rings is 1. The van der Waals surface area contributed by atoms with Gasteiger partial charge in [-0.3, -0.25) is 4.98 Å². The van der Waals surface area contributed by atoms with Gasteiger partial charge >= 0.3 is 0 Å². The molecule has 0 radical (unpaired) electrons. The van der Waals surface area contributed by atoms with Gasteiger partial charge in [0.1, 0.15) is 6.54 Å². The minimum atomic E-state index is -3.35. The van der Waals surface area contributed by atoms with E-state index < -0.39 is 10.0 Å². The molecule has 1 N–H and O–H groups in total. The summed E-state index contributed by atoms with van der Waals surface area (Å²) in [6, 6.07) is 12.7. The van der Waals surface area contributed by atoms with Crippen molar-refractivity contribution in [2.45, 2.75) is 11.4 Å². The van der Waals surface area contributed by atoms with Crippen LogP contribution >= 0.6 is 0 Å². The van der Waals surface area contributed by atoms with Gasteiger partial charge in [0.2, 0.25) is 10.0 Å². The van der Waals surface area contributed by atoms with E-state index in [4.69, 9.17) is 0 Å². The number of quaternary nitrogens is 1. The van der Waals surface area contributed by atoms with Crippen LogP contribution in [0.5, 0.6) is 0 Å². The third-order valence-electron chi connectivity index (χ3n) is 3.99. The van der Waals surface area contributed by atoms with E-state index in [1.54, 1.807) is 34.8 Å². The second-order valence-corrected chi connectivity index (χ2v) is 7.44. The number of hydrogen-bond donors (Lipinski definition) is 1. The van der Waals surface area contributed by atoms with Crippen molar-refractivity contribution in [2.24, 2.45) is 0 Å². The molecule has 1 aromatic carbocycles. The number of nitrogens with one attached hydrogen (secondary N) is 1. The SMILES string of the molecule is O=S(=O)(c1ccccc1)N1CC[NH+](Cc2cccnc2)CC1. The minimum Gasteiger partial charge on any atom is -0.329 e. The largest absolute Gasteiger partial charge is 0.329 e. The predicted molar refractivity (Wildman–Crippen MR) is 83.8 cm³/mol. The third kappa shape index (κ3) is 3.35. The Balaban J connectivity index is 1.62. The number of pyridine rings is 1. The van der Waals surface area contributed by atoms with Gasteiger partial charge in [-0.25, -0.2) is 8.42 Å². The van der Waals surface area contributed by atoms with E-state index in [1.807, 2.05) is 18.3 Å². The standard InChI is InChI=1S/C16H19N3O2S/c20-22(21,16-6-2-1-3-7-16)19-11-9-18(10-12-19)14-15-5-4-8-17-13-15/h1-8,13H,9-12,14H2/p+1. The zero-order chi connectivity index (χ0) is 15.4. The predicted octanol–water partition coefficient (Wildman–Crippen LogP) is 0.171.